The number of amides is 4. The van der Waals surface area contributed by atoms with Gasteiger partial charge < -0.3 is 20.3 Å². The van der Waals surface area contributed by atoms with Crippen molar-refractivity contribution in [3.63, 3.8) is 0 Å². The molecule has 0 bridgehead atoms. The maximum atomic E-state index is 13.2. The van der Waals surface area contributed by atoms with Gasteiger partial charge in [-0.15, -0.1) is 0 Å². The van der Waals surface area contributed by atoms with Crippen LogP contribution in [0.4, 0.5) is 31.0 Å². The van der Waals surface area contributed by atoms with Gasteiger partial charge >= 0.3 is 12.1 Å². The lowest BCUT2D eigenvalue weighted by Gasteiger charge is -2.36. The summed E-state index contributed by atoms with van der Waals surface area (Å²) in [7, 11) is 1.56. The minimum Gasteiger partial charge on any atom is -0.497 e. The first-order valence-electron chi connectivity index (χ1n) is 10.7. The molecule has 4 amide bonds. The van der Waals surface area contributed by atoms with Gasteiger partial charge in [-0.25, -0.2) is 14.0 Å². The monoisotopic (exact) mass is 448 g/mol. The van der Waals surface area contributed by atoms with E-state index in [0.717, 1.165) is 12.0 Å². The maximum absolute atomic E-state index is 13.2. The van der Waals surface area contributed by atoms with E-state index in [1.807, 2.05) is 6.07 Å². The molecule has 170 valence electrons. The molecule has 1 saturated heterocycles. The van der Waals surface area contributed by atoms with Gasteiger partial charge in [-0.3, -0.25) is 4.90 Å². The van der Waals surface area contributed by atoms with Crippen molar-refractivity contribution in [2.75, 3.05) is 35.7 Å². The minimum absolute atomic E-state index is 0.159. The number of carbonyl (C=O) groups is 2. The number of para-hydroxylation sites is 2. The summed E-state index contributed by atoms with van der Waals surface area (Å²) in [6, 6.07) is 19.8. The van der Waals surface area contributed by atoms with Crippen LogP contribution < -0.4 is 20.3 Å². The van der Waals surface area contributed by atoms with Crippen molar-refractivity contribution < 1.29 is 18.7 Å². The molecule has 1 fully saturated rings. The van der Waals surface area contributed by atoms with Crippen LogP contribution in [0.1, 0.15) is 12.0 Å². The highest BCUT2D eigenvalue weighted by Gasteiger charge is 2.28. The van der Waals surface area contributed by atoms with E-state index in [0.29, 0.717) is 42.4 Å². The van der Waals surface area contributed by atoms with E-state index in [2.05, 4.69) is 10.6 Å². The van der Waals surface area contributed by atoms with Gasteiger partial charge in [0, 0.05) is 31.4 Å². The fourth-order valence-corrected chi connectivity index (χ4v) is 3.76. The molecule has 2 N–H and O–H groups in total. The highest BCUT2D eigenvalue weighted by atomic mass is 19.1. The van der Waals surface area contributed by atoms with Gasteiger partial charge in [0.05, 0.1) is 18.5 Å². The molecule has 1 heterocycles. The molecule has 3 aromatic carbocycles. The largest absolute Gasteiger partial charge is 0.497 e. The molecule has 1 aliphatic rings. The summed E-state index contributed by atoms with van der Waals surface area (Å²) in [5.74, 6) is 0.325. The van der Waals surface area contributed by atoms with Gasteiger partial charge in [-0.1, -0.05) is 30.3 Å². The number of benzene rings is 3. The first-order valence-corrected chi connectivity index (χ1v) is 10.7. The molecule has 3 aromatic rings. The molecule has 0 aliphatic carbocycles. The Bertz CT molecular complexity index is 1140. The predicted molar refractivity (Wildman–Crippen MR) is 126 cm³/mol. The summed E-state index contributed by atoms with van der Waals surface area (Å²) in [5.41, 5.74) is 2.58. The standard InChI is InChI=1S/C25H25FN4O3/c1-33-21-7-4-6-20(16-21)27-24(31)28-22-8-2-3-9-23(22)30-15-5-14-29(25(30)32)17-18-10-12-19(26)13-11-18/h2-4,6-13,16H,5,14-15,17H2,1H3,(H2,27,28,31). The second-order valence-electron chi connectivity index (χ2n) is 7.66. The van der Waals surface area contributed by atoms with E-state index in [-0.39, 0.29) is 11.8 Å². The lowest BCUT2D eigenvalue weighted by atomic mass is 10.1. The van der Waals surface area contributed by atoms with Crippen LogP contribution >= 0.6 is 0 Å². The number of hydrogen-bond donors (Lipinski definition) is 2. The number of hydrogen-bond acceptors (Lipinski definition) is 3. The van der Waals surface area contributed by atoms with E-state index in [1.165, 1.54) is 12.1 Å². The molecule has 4 rings (SSSR count). The second kappa shape index (κ2) is 10.0. The number of halogens is 1. The van der Waals surface area contributed by atoms with Crippen LogP contribution in [0, 0.1) is 5.82 Å². The molecule has 8 heteroatoms. The Morgan fingerprint density at radius 2 is 1.79 bits per heavy atom. The molecule has 1 aliphatic heterocycles. The lowest BCUT2D eigenvalue weighted by molar-refractivity contribution is 0.192. The Labute approximate surface area is 191 Å². The molecule has 0 unspecified atom stereocenters. The molecular formula is C25H25FN4O3. The Morgan fingerprint density at radius 3 is 2.58 bits per heavy atom. The molecule has 33 heavy (non-hydrogen) atoms. The summed E-state index contributed by atoms with van der Waals surface area (Å²) in [6.45, 7) is 1.54. The first-order chi connectivity index (χ1) is 16.0. The van der Waals surface area contributed by atoms with Gasteiger partial charge in [0.1, 0.15) is 11.6 Å². The van der Waals surface area contributed by atoms with Gasteiger partial charge in [0.25, 0.3) is 0 Å². The summed E-state index contributed by atoms with van der Waals surface area (Å²) >= 11 is 0. The predicted octanol–water partition coefficient (Wildman–Crippen LogP) is 5.31. The highest BCUT2D eigenvalue weighted by Crippen LogP contribution is 2.29. The lowest BCUT2D eigenvalue weighted by Crippen LogP contribution is -2.49. The van der Waals surface area contributed by atoms with Gasteiger partial charge in [0.15, 0.2) is 0 Å². The van der Waals surface area contributed by atoms with Crippen LogP contribution in [0.5, 0.6) is 5.75 Å². The molecule has 0 aromatic heterocycles. The van der Waals surface area contributed by atoms with Crippen molar-refractivity contribution in [1.82, 2.24) is 4.90 Å². The smallest absolute Gasteiger partial charge is 0.324 e. The highest BCUT2D eigenvalue weighted by molar-refractivity contribution is 6.04. The zero-order valence-corrected chi connectivity index (χ0v) is 18.3. The van der Waals surface area contributed by atoms with Crippen LogP contribution in [0.2, 0.25) is 0 Å². The van der Waals surface area contributed by atoms with Crippen LogP contribution in [0.15, 0.2) is 72.8 Å². The van der Waals surface area contributed by atoms with Crippen LogP contribution in [-0.2, 0) is 6.54 Å². The first kappa shape index (κ1) is 22.1. The van der Waals surface area contributed by atoms with Crippen molar-refractivity contribution in [3.8, 4) is 5.75 Å². The van der Waals surface area contributed by atoms with Crippen molar-refractivity contribution in [2.45, 2.75) is 13.0 Å². The van der Waals surface area contributed by atoms with Crippen molar-refractivity contribution in [1.29, 1.82) is 0 Å². The van der Waals surface area contributed by atoms with E-state index >= 15 is 0 Å². The number of anilines is 3. The number of nitrogens with one attached hydrogen (secondary N) is 2. The molecule has 0 radical (unpaired) electrons. The Morgan fingerprint density at radius 1 is 1.00 bits per heavy atom. The van der Waals surface area contributed by atoms with Crippen LogP contribution in [0.3, 0.4) is 0 Å². The third-order valence-electron chi connectivity index (χ3n) is 5.37. The molecule has 0 spiro atoms. The Hall–Kier alpha value is -4.07. The van der Waals surface area contributed by atoms with Crippen molar-refractivity contribution >= 4 is 29.1 Å². The number of methoxy groups -OCH3 is 1. The minimum atomic E-state index is -0.427. The fraction of sp³-hybridized carbons (Fsp3) is 0.200. The number of urea groups is 2. The third-order valence-corrected chi connectivity index (χ3v) is 5.37. The molecular weight excluding hydrogens is 423 g/mol. The van der Waals surface area contributed by atoms with Gasteiger partial charge in [-0.05, 0) is 48.4 Å². The average molecular weight is 448 g/mol. The summed E-state index contributed by atoms with van der Waals surface area (Å²) in [6.07, 6.45) is 0.775. The average Bonchev–Trinajstić information content (AvgIpc) is 2.82. The zero-order chi connectivity index (χ0) is 23.2. The van der Waals surface area contributed by atoms with Crippen molar-refractivity contribution in [2.24, 2.45) is 0 Å². The second-order valence-corrected chi connectivity index (χ2v) is 7.66. The van der Waals surface area contributed by atoms with E-state index < -0.39 is 6.03 Å². The summed E-state index contributed by atoms with van der Waals surface area (Å²) in [4.78, 5) is 29.2. The number of ether oxygens (including phenoxy) is 1. The van der Waals surface area contributed by atoms with Gasteiger partial charge in [-0.2, -0.15) is 0 Å². The Kier molecular flexibility index (Phi) is 6.73. The Balaban J connectivity index is 1.48. The quantitative estimate of drug-likeness (QED) is 0.537. The van der Waals surface area contributed by atoms with Gasteiger partial charge in [0.2, 0.25) is 0 Å². The van der Waals surface area contributed by atoms with Crippen LogP contribution in [-0.4, -0.2) is 37.2 Å². The SMILES string of the molecule is COc1cccc(NC(=O)Nc2ccccc2N2CCCN(Cc3ccc(F)cc3)C2=O)c1. The van der Waals surface area contributed by atoms with E-state index in [4.69, 9.17) is 4.74 Å². The summed E-state index contributed by atoms with van der Waals surface area (Å²) in [5, 5.41) is 5.62. The molecule has 0 saturated carbocycles. The normalized spacial score (nSPS) is 13.6. The maximum Gasteiger partial charge on any atom is 0.324 e. The molecule has 7 nitrogen and oxygen atoms in total. The van der Waals surface area contributed by atoms with Crippen molar-refractivity contribution in [3.05, 3.63) is 84.2 Å². The van der Waals surface area contributed by atoms with E-state index in [9.17, 15) is 14.0 Å². The molecule has 0 atom stereocenters. The fourth-order valence-electron chi connectivity index (χ4n) is 3.76. The number of carbonyl (C=O) groups excluding carboxylic acids is 2. The number of rotatable bonds is 6. The number of nitrogens with zero attached hydrogens (tertiary/aromatic N) is 2. The zero-order valence-electron chi connectivity index (χ0n) is 18.3. The summed E-state index contributed by atoms with van der Waals surface area (Å²) < 4.78 is 18.4. The topological polar surface area (TPSA) is 73.9 Å². The van der Waals surface area contributed by atoms with Crippen LogP contribution in [0.25, 0.3) is 0 Å². The van der Waals surface area contributed by atoms with E-state index in [1.54, 1.807) is 71.5 Å². The third kappa shape index (κ3) is 5.41.